The molecule has 0 atom stereocenters. The summed E-state index contributed by atoms with van der Waals surface area (Å²) >= 11 is 0. The lowest BCUT2D eigenvalue weighted by Gasteiger charge is -2.33. The maximum absolute atomic E-state index is 5.67. The summed E-state index contributed by atoms with van der Waals surface area (Å²) in [6.07, 6.45) is 1.25. The van der Waals surface area contributed by atoms with E-state index in [1.54, 1.807) is 0 Å². The van der Waals surface area contributed by atoms with Crippen LogP contribution in [0.2, 0.25) is 0 Å². The Morgan fingerprint density at radius 2 is 1.64 bits per heavy atom. The topological polar surface area (TPSA) is 38.0 Å². The van der Waals surface area contributed by atoms with E-state index >= 15 is 0 Å². The second-order valence-electron chi connectivity index (χ2n) is 6.20. The number of rotatable bonds is 6. The van der Waals surface area contributed by atoms with Gasteiger partial charge in [-0.15, -0.1) is 0 Å². The highest BCUT2D eigenvalue weighted by Gasteiger charge is 2.23. The van der Waals surface area contributed by atoms with Crippen LogP contribution in [-0.4, -0.2) is 18.6 Å². The summed E-state index contributed by atoms with van der Waals surface area (Å²) in [5.74, 6) is 0.757. The summed E-state index contributed by atoms with van der Waals surface area (Å²) in [6.45, 7) is 15.2. The minimum atomic E-state index is 0.0637. The first-order valence-corrected chi connectivity index (χ1v) is 5.64. The number of nitrogens with two attached hydrogens (primary N) is 1. The van der Waals surface area contributed by atoms with Crippen molar-refractivity contribution in [1.29, 1.82) is 0 Å². The van der Waals surface area contributed by atoms with Crippen LogP contribution in [0.15, 0.2) is 0 Å². The molecule has 0 amide bonds. The number of nitrogens with one attached hydrogen (secondary N) is 1. The van der Waals surface area contributed by atoms with E-state index in [0.29, 0.717) is 12.0 Å². The van der Waals surface area contributed by atoms with Crippen molar-refractivity contribution >= 4 is 0 Å². The van der Waals surface area contributed by atoms with Crippen LogP contribution >= 0.6 is 0 Å². The molecule has 2 heteroatoms. The summed E-state index contributed by atoms with van der Waals surface area (Å²) in [7, 11) is 0. The van der Waals surface area contributed by atoms with E-state index in [4.69, 9.17) is 5.73 Å². The average molecular weight is 200 g/mol. The Kier molecular flexibility index (Phi) is 5.10. The van der Waals surface area contributed by atoms with Gasteiger partial charge in [0.05, 0.1) is 0 Å². The SMILES string of the molecule is CC(C)CC(C)(C)CNC(C)(C)CN. The molecule has 0 fully saturated rings. The highest BCUT2D eigenvalue weighted by molar-refractivity contribution is 4.82. The zero-order valence-electron chi connectivity index (χ0n) is 10.8. The third-order valence-corrected chi connectivity index (χ3v) is 2.52. The molecule has 0 aromatic rings. The van der Waals surface area contributed by atoms with Crippen LogP contribution in [0.3, 0.4) is 0 Å². The van der Waals surface area contributed by atoms with E-state index < -0.39 is 0 Å². The highest BCUT2D eigenvalue weighted by Crippen LogP contribution is 2.24. The lowest BCUT2D eigenvalue weighted by Crippen LogP contribution is -2.49. The van der Waals surface area contributed by atoms with Gasteiger partial charge in [-0.1, -0.05) is 27.7 Å². The fourth-order valence-corrected chi connectivity index (χ4v) is 1.73. The van der Waals surface area contributed by atoms with Crippen molar-refractivity contribution in [2.24, 2.45) is 17.1 Å². The quantitative estimate of drug-likeness (QED) is 0.691. The van der Waals surface area contributed by atoms with Gasteiger partial charge in [0, 0.05) is 18.6 Å². The van der Waals surface area contributed by atoms with Crippen LogP contribution in [0, 0.1) is 11.3 Å². The Balaban J connectivity index is 3.98. The van der Waals surface area contributed by atoms with Crippen LogP contribution in [0.1, 0.15) is 48.0 Å². The van der Waals surface area contributed by atoms with E-state index in [-0.39, 0.29) is 5.54 Å². The third kappa shape index (κ3) is 6.39. The largest absolute Gasteiger partial charge is 0.329 e. The zero-order chi connectivity index (χ0) is 11.4. The highest BCUT2D eigenvalue weighted by atomic mass is 15.0. The fraction of sp³-hybridized carbons (Fsp3) is 1.00. The summed E-state index contributed by atoms with van der Waals surface area (Å²) < 4.78 is 0. The Morgan fingerprint density at radius 1 is 1.14 bits per heavy atom. The summed E-state index contributed by atoms with van der Waals surface area (Å²) in [5, 5.41) is 3.53. The Labute approximate surface area is 89.6 Å². The van der Waals surface area contributed by atoms with Gasteiger partial charge in [0.15, 0.2) is 0 Å². The van der Waals surface area contributed by atoms with Gasteiger partial charge in [0.25, 0.3) is 0 Å². The Hall–Kier alpha value is -0.0800. The molecule has 0 radical (unpaired) electrons. The second kappa shape index (κ2) is 5.13. The lowest BCUT2D eigenvalue weighted by molar-refractivity contribution is 0.240. The molecule has 0 spiro atoms. The third-order valence-electron chi connectivity index (χ3n) is 2.52. The van der Waals surface area contributed by atoms with Crippen LogP contribution in [-0.2, 0) is 0 Å². The lowest BCUT2D eigenvalue weighted by atomic mass is 9.83. The van der Waals surface area contributed by atoms with Crippen LogP contribution < -0.4 is 11.1 Å². The number of hydrogen-bond acceptors (Lipinski definition) is 2. The molecule has 3 N–H and O–H groups in total. The number of hydrogen-bond donors (Lipinski definition) is 2. The van der Waals surface area contributed by atoms with E-state index in [1.165, 1.54) is 6.42 Å². The fourth-order valence-electron chi connectivity index (χ4n) is 1.73. The van der Waals surface area contributed by atoms with Gasteiger partial charge in [0.2, 0.25) is 0 Å². The predicted molar refractivity (Wildman–Crippen MR) is 64.4 cm³/mol. The molecule has 0 aliphatic carbocycles. The first-order valence-electron chi connectivity index (χ1n) is 5.64. The summed E-state index contributed by atoms with van der Waals surface area (Å²) in [4.78, 5) is 0. The maximum Gasteiger partial charge on any atom is 0.0247 e. The van der Waals surface area contributed by atoms with E-state index in [0.717, 1.165) is 12.5 Å². The molecule has 86 valence electrons. The van der Waals surface area contributed by atoms with Crippen molar-refractivity contribution in [2.75, 3.05) is 13.1 Å². The van der Waals surface area contributed by atoms with Gasteiger partial charge >= 0.3 is 0 Å². The zero-order valence-corrected chi connectivity index (χ0v) is 10.8. The molecule has 0 heterocycles. The van der Waals surface area contributed by atoms with Gasteiger partial charge in [-0.2, -0.15) is 0 Å². The molecule has 0 aliphatic rings. The normalized spacial score (nSPS) is 13.7. The second-order valence-corrected chi connectivity index (χ2v) is 6.20. The van der Waals surface area contributed by atoms with Gasteiger partial charge < -0.3 is 11.1 Å². The van der Waals surface area contributed by atoms with Crippen molar-refractivity contribution in [2.45, 2.75) is 53.5 Å². The minimum Gasteiger partial charge on any atom is -0.329 e. The van der Waals surface area contributed by atoms with Crippen LogP contribution in [0.4, 0.5) is 0 Å². The van der Waals surface area contributed by atoms with Gasteiger partial charge in [-0.25, -0.2) is 0 Å². The van der Waals surface area contributed by atoms with Crippen molar-refractivity contribution in [3.05, 3.63) is 0 Å². The van der Waals surface area contributed by atoms with Gasteiger partial charge in [-0.3, -0.25) is 0 Å². The molecular formula is C12H28N2. The maximum atomic E-state index is 5.67. The van der Waals surface area contributed by atoms with Crippen molar-refractivity contribution < 1.29 is 0 Å². The monoisotopic (exact) mass is 200 g/mol. The Bertz CT molecular complexity index is 160. The molecule has 0 rings (SSSR count). The van der Waals surface area contributed by atoms with Crippen molar-refractivity contribution in [3.63, 3.8) is 0 Å². The predicted octanol–water partition coefficient (Wildman–Crippen LogP) is 2.39. The first-order chi connectivity index (χ1) is 6.18. The minimum absolute atomic E-state index is 0.0637. The molecule has 0 aromatic heterocycles. The van der Waals surface area contributed by atoms with E-state index in [2.05, 4.69) is 46.9 Å². The molecule has 0 aromatic carbocycles. The van der Waals surface area contributed by atoms with E-state index in [9.17, 15) is 0 Å². The van der Waals surface area contributed by atoms with Crippen molar-refractivity contribution in [1.82, 2.24) is 5.32 Å². The summed E-state index contributed by atoms with van der Waals surface area (Å²) in [6, 6.07) is 0. The molecule has 0 saturated heterocycles. The van der Waals surface area contributed by atoms with Gasteiger partial charge in [-0.05, 0) is 31.6 Å². The van der Waals surface area contributed by atoms with E-state index in [1.807, 2.05) is 0 Å². The molecule has 14 heavy (non-hydrogen) atoms. The molecule has 2 nitrogen and oxygen atoms in total. The summed E-state index contributed by atoms with van der Waals surface area (Å²) in [5.41, 5.74) is 6.10. The smallest absolute Gasteiger partial charge is 0.0247 e. The molecule has 0 aliphatic heterocycles. The molecule has 0 bridgehead atoms. The standard InChI is InChI=1S/C12H28N2/c1-10(2)7-11(3,4)9-14-12(5,6)8-13/h10,14H,7-9,13H2,1-6H3. The molecular weight excluding hydrogens is 172 g/mol. The average Bonchev–Trinajstić information content (AvgIpc) is 1.99. The Morgan fingerprint density at radius 3 is 2.00 bits per heavy atom. The van der Waals surface area contributed by atoms with Crippen LogP contribution in [0.25, 0.3) is 0 Å². The van der Waals surface area contributed by atoms with Gasteiger partial charge in [0.1, 0.15) is 0 Å². The van der Waals surface area contributed by atoms with Crippen molar-refractivity contribution in [3.8, 4) is 0 Å². The van der Waals surface area contributed by atoms with Crippen LogP contribution in [0.5, 0.6) is 0 Å². The molecule has 0 unspecified atom stereocenters. The first kappa shape index (κ1) is 13.9. The molecule has 0 saturated carbocycles.